The van der Waals surface area contributed by atoms with Gasteiger partial charge in [0, 0.05) is 26.2 Å². The van der Waals surface area contributed by atoms with Gasteiger partial charge in [-0.15, -0.1) is 11.3 Å². The highest BCUT2D eigenvalue weighted by molar-refractivity contribution is 9.10. The van der Waals surface area contributed by atoms with Crippen LogP contribution in [0.2, 0.25) is 0 Å². The smallest absolute Gasteiger partial charge is 0.164 e. The first kappa shape index (κ1) is 9.93. The molecule has 0 amide bonds. The van der Waals surface area contributed by atoms with Crippen molar-refractivity contribution in [2.75, 3.05) is 0 Å². The van der Waals surface area contributed by atoms with Crippen LogP contribution in [0.3, 0.4) is 0 Å². The van der Waals surface area contributed by atoms with Crippen LogP contribution in [0, 0.1) is 13.8 Å². The SMILES string of the molecule is CCC(=O)c1c(C)sc(C)c1Br. The summed E-state index contributed by atoms with van der Waals surface area (Å²) in [5.74, 6) is 0.226. The second kappa shape index (κ2) is 3.71. The maximum Gasteiger partial charge on any atom is 0.164 e. The van der Waals surface area contributed by atoms with E-state index in [9.17, 15) is 4.79 Å². The van der Waals surface area contributed by atoms with Crippen molar-refractivity contribution < 1.29 is 4.79 Å². The first-order valence-corrected chi connectivity index (χ1v) is 5.47. The lowest BCUT2D eigenvalue weighted by molar-refractivity contribution is 0.0987. The van der Waals surface area contributed by atoms with Crippen LogP contribution >= 0.6 is 27.3 Å². The summed E-state index contributed by atoms with van der Waals surface area (Å²) in [6.45, 7) is 5.90. The summed E-state index contributed by atoms with van der Waals surface area (Å²) in [6.07, 6.45) is 0.579. The quantitative estimate of drug-likeness (QED) is 0.728. The minimum Gasteiger partial charge on any atom is -0.294 e. The molecule has 0 aliphatic carbocycles. The van der Waals surface area contributed by atoms with Gasteiger partial charge in [0.05, 0.1) is 0 Å². The van der Waals surface area contributed by atoms with Gasteiger partial charge in [-0.3, -0.25) is 4.79 Å². The van der Waals surface area contributed by atoms with Crippen LogP contribution in [0.4, 0.5) is 0 Å². The topological polar surface area (TPSA) is 17.1 Å². The molecule has 0 aliphatic rings. The number of aryl methyl sites for hydroxylation is 2. The molecule has 0 unspecified atom stereocenters. The normalized spacial score (nSPS) is 10.3. The molecule has 1 rings (SSSR count). The van der Waals surface area contributed by atoms with E-state index in [1.807, 2.05) is 20.8 Å². The molecule has 0 saturated heterocycles. The molecule has 0 fully saturated rings. The summed E-state index contributed by atoms with van der Waals surface area (Å²) in [5.41, 5.74) is 0.875. The van der Waals surface area contributed by atoms with Gasteiger partial charge in [-0.25, -0.2) is 0 Å². The average Bonchev–Trinajstić information content (AvgIpc) is 2.26. The fourth-order valence-corrected chi connectivity index (χ4v) is 3.01. The molecule has 3 heteroatoms. The zero-order chi connectivity index (χ0) is 9.30. The molecule has 1 nitrogen and oxygen atoms in total. The van der Waals surface area contributed by atoms with E-state index in [0.29, 0.717) is 6.42 Å². The highest BCUT2D eigenvalue weighted by Crippen LogP contribution is 2.32. The van der Waals surface area contributed by atoms with E-state index in [2.05, 4.69) is 15.9 Å². The lowest BCUT2D eigenvalue weighted by atomic mass is 10.1. The molecule has 1 heterocycles. The Kier molecular flexibility index (Phi) is 3.07. The summed E-state index contributed by atoms with van der Waals surface area (Å²) < 4.78 is 0.983. The van der Waals surface area contributed by atoms with E-state index < -0.39 is 0 Å². The van der Waals surface area contributed by atoms with Gasteiger partial charge in [0.15, 0.2) is 5.78 Å². The van der Waals surface area contributed by atoms with Gasteiger partial charge < -0.3 is 0 Å². The van der Waals surface area contributed by atoms with E-state index in [4.69, 9.17) is 0 Å². The van der Waals surface area contributed by atoms with Crippen LogP contribution in [0.25, 0.3) is 0 Å². The molecule has 0 bridgehead atoms. The van der Waals surface area contributed by atoms with Gasteiger partial charge in [0.2, 0.25) is 0 Å². The molecule has 0 radical (unpaired) electrons. The monoisotopic (exact) mass is 246 g/mol. The highest BCUT2D eigenvalue weighted by atomic mass is 79.9. The van der Waals surface area contributed by atoms with Gasteiger partial charge >= 0.3 is 0 Å². The zero-order valence-electron chi connectivity index (χ0n) is 7.40. The molecule has 0 atom stereocenters. The number of halogens is 1. The molecule has 0 aromatic carbocycles. The largest absolute Gasteiger partial charge is 0.294 e. The van der Waals surface area contributed by atoms with Crippen LogP contribution in [0.5, 0.6) is 0 Å². The molecular formula is C9H11BrOS. The third kappa shape index (κ3) is 1.62. The number of hydrogen-bond acceptors (Lipinski definition) is 2. The van der Waals surface area contributed by atoms with Crippen molar-refractivity contribution in [1.82, 2.24) is 0 Å². The molecule has 66 valence electrons. The van der Waals surface area contributed by atoms with Crippen molar-refractivity contribution in [2.45, 2.75) is 27.2 Å². The van der Waals surface area contributed by atoms with Gasteiger partial charge in [-0.05, 0) is 29.8 Å². The Balaban J connectivity index is 3.22. The first-order valence-electron chi connectivity index (χ1n) is 3.86. The maximum atomic E-state index is 11.4. The average molecular weight is 247 g/mol. The van der Waals surface area contributed by atoms with Crippen LogP contribution in [0.15, 0.2) is 4.47 Å². The Morgan fingerprint density at radius 1 is 1.42 bits per heavy atom. The molecule has 0 N–H and O–H groups in total. The standard InChI is InChI=1S/C9H11BrOS/c1-4-7(11)8-5(2)12-6(3)9(8)10/h4H2,1-3H3. The van der Waals surface area contributed by atoms with Crippen LogP contribution in [-0.2, 0) is 0 Å². The summed E-state index contributed by atoms with van der Waals surface area (Å²) in [5, 5.41) is 0. The third-order valence-corrected chi connectivity index (χ3v) is 4.06. The summed E-state index contributed by atoms with van der Waals surface area (Å²) >= 11 is 5.10. The zero-order valence-corrected chi connectivity index (χ0v) is 9.80. The van der Waals surface area contributed by atoms with Crippen molar-refractivity contribution in [3.8, 4) is 0 Å². The number of carbonyl (C=O) groups excluding carboxylic acids is 1. The minimum absolute atomic E-state index is 0.226. The van der Waals surface area contributed by atoms with E-state index in [-0.39, 0.29) is 5.78 Å². The van der Waals surface area contributed by atoms with Crippen molar-refractivity contribution in [2.24, 2.45) is 0 Å². The molecule has 1 aromatic heterocycles. The number of thiophene rings is 1. The van der Waals surface area contributed by atoms with Gasteiger partial charge in [-0.1, -0.05) is 6.92 Å². The fourth-order valence-electron chi connectivity index (χ4n) is 1.15. The van der Waals surface area contributed by atoms with Crippen LogP contribution in [-0.4, -0.2) is 5.78 Å². The number of ketones is 1. The van der Waals surface area contributed by atoms with E-state index in [0.717, 1.165) is 14.9 Å². The Morgan fingerprint density at radius 2 is 2.00 bits per heavy atom. The van der Waals surface area contributed by atoms with Crippen molar-refractivity contribution in [1.29, 1.82) is 0 Å². The Morgan fingerprint density at radius 3 is 2.33 bits per heavy atom. The van der Waals surface area contributed by atoms with Crippen molar-refractivity contribution in [3.05, 3.63) is 19.8 Å². The summed E-state index contributed by atoms with van der Waals surface area (Å²) in [6, 6.07) is 0. The Hall–Kier alpha value is -0.150. The summed E-state index contributed by atoms with van der Waals surface area (Å²) in [7, 11) is 0. The number of carbonyl (C=O) groups is 1. The van der Waals surface area contributed by atoms with Crippen LogP contribution < -0.4 is 0 Å². The first-order chi connectivity index (χ1) is 5.57. The molecular weight excluding hydrogens is 236 g/mol. The molecule has 0 saturated carbocycles. The van der Waals surface area contributed by atoms with E-state index in [1.54, 1.807) is 11.3 Å². The van der Waals surface area contributed by atoms with E-state index in [1.165, 1.54) is 4.88 Å². The Labute approximate surface area is 84.9 Å². The summed E-state index contributed by atoms with van der Waals surface area (Å²) in [4.78, 5) is 13.7. The van der Waals surface area contributed by atoms with E-state index >= 15 is 0 Å². The second-order valence-electron chi connectivity index (χ2n) is 2.68. The van der Waals surface area contributed by atoms with Gasteiger partial charge in [-0.2, -0.15) is 0 Å². The number of rotatable bonds is 2. The second-order valence-corrected chi connectivity index (χ2v) is 4.90. The predicted octanol–water partition coefficient (Wildman–Crippen LogP) is 3.72. The fraction of sp³-hybridized carbons (Fsp3) is 0.444. The third-order valence-electron chi connectivity index (χ3n) is 1.79. The Bertz CT molecular complexity index is 315. The highest BCUT2D eigenvalue weighted by Gasteiger charge is 2.15. The lowest BCUT2D eigenvalue weighted by Crippen LogP contribution is -1.97. The van der Waals surface area contributed by atoms with Crippen LogP contribution in [0.1, 0.15) is 33.5 Å². The lowest BCUT2D eigenvalue weighted by Gasteiger charge is -1.96. The molecule has 0 spiro atoms. The van der Waals surface area contributed by atoms with Gasteiger partial charge in [0.25, 0.3) is 0 Å². The number of Topliss-reactive ketones (excluding diaryl/α,β-unsaturated/α-hetero) is 1. The van der Waals surface area contributed by atoms with Crippen molar-refractivity contribution in [3.63, 3.8) is 0 Å². The van der Waals surface area contributed by atoms with Gasteiger partial charge in [0.1, 0.15) is 0 Å². The number of hydrogen-bond donors (Lipinski definition) is 0. The van der Waals surface area contributed by atoms with Crippen molar-refractivity contribution >= 4 is 33.0 Å². The predicted molar refractivity (Wildman–Crippen MR) is 56.1 cm³/mol. The molecule has 12 heavy (non-hydrogen) atoms. The minimum atomic E-state index is 0.226. The molecule has 0 aliphatic heterocycles. The molecule has 1 aromatic rings. The maximum absolute atomic E-state index is 11.4.